The first-order chi connectivity index (χ1) is 6.23. The van der Waals surface area contributed by atoms with Crippen LogP contribution in [0.5, 0.6) is 0 Å². The minimum absolute atomic E-state index is 0.0745. The Morgan fingerprint density at radius 3 is 2.07 bits per heavy atom. The monoisotopic (exact) mass is 260 g/mol. The van der Waals surface area contributed by atoms with Gasteiger partial charge >= 0.3 is 0 Å². The van der Waals surface area contributed by atoms with Crippen LogP contribution in [0.4, 0.5) is 0 Å². The zero-order chi connectivity index (χ0) is 11.2. The quantitative estimate of drug-likeness (QED) is 0.681. The van der Waals surface area contributed by atoms with Crippen LogP contribution in [0, 0.1) is 0 Å². The van der Waals surface area contributed by atoms with Gasteiger partial charge in [-0.2, -0.15) is 0 Å². The number of sulfone groups is 2. The van der Waals surface area contributed by atoms with E-state index in [4.69, 9.17) is 11.6 Å². The molecule has 1 saturated heterocycles. The maximum absolute atomic E-state index is 11.8. The van der Waals surface area contributed by atoms with Gasteiger partial charge in [-0.1, -0.05) is 6.92 Å². The average molecular weight is 261 g/mol. The van der Waals surface area contributed by atoms with E-state index in [-0.39, 0.29) is 18.1 Å². The minimum atomic E-state index is -3.66. The van der Waals surface area contributed by atoms with Crippen LogP contribution in [0.3, 0.4) is 0 Å². The Morgan fingerprint density at radius 1 is 1.36 bits per heavy atom. The smallest absolute Gasteiger partial charge is 0.175 e. The van der Waals surface area contributed by atoms with Gasteiger partial charge in [0, 0.05) is 5.88 Å². The molecule has 7 heteroatoms. The Hall–Kier alpha value is 0.190. The van der Waals surface area contributed by atoms with Gasteiger partial charge in [0.1, 0.15) is 0 Å². The second-order valence-corrected chi connectivity index (χ2v) is 9.28. The molecular formula is C7H13ClO4S2. The predicted octanol–water partition coefficient (Wildman–Crippen LogP) is 0.563. The van der Waals surface area contributed by atoms with Crippen molar-refractivity contribution >= 4 is 31.3 Å². The molecule has 1 fully saturated rings. The third-order valence-electron chi connectivity index (χ3n) is 2.92. The van der Waals surface area contributed by atoms with E-state index in [0.29, 0.717) is 0 Å². The highest BCUT2D eigenvalue weighted by Crippen LogP contribution is 2.39. The Morgan fingerprint density at radius 2 is 1.86 bits per heavy atom. The van der Waals surface area contributed by atoms with Crippen LogP contribution in [0.25, 0.3) is 0 Å². The van der Waals surface area contributed by atoms with E-state index in [2.05, 4.69) is 0 Å². The summed E-state index contributed by atoms with van der Waals surface area (Å²) in [7, 11) is -7.23. The molecule has 4 nitrogen and oxygen atoms in total. The van der Waals surface area contributed by atoms with Crippen LogP contribution in [0.2, 0.25) is 0 Å². The van der Waals surface area contributed by atoms with E-state index < -0.39 is 29.0 Å². The maximum atomic E-state index is 11.8. The minimum Gasteiger partial charge on any atom is -0.227 e. The fourth-order valence-electron chi connectivity index (χ4n) is 1.59. The van der Waals surface area contributed by atoms with Crippen LogP contribution in [0.15, 0.2) is 0 Å². The molecule has 0 amide bonds. The molecule has 1 aliphatic rings. The first-order valence-electron chi connectivity index (χ1n) is 4.24. The Bertz CT molecular complexity index is 425. The van der Waals surface area contributed by atoms with Crippen molar-refractivity contribution in [2.45, 2.75) is 29.6 Å². The summed E-state index contributed by atoms with van der Waals surface area (Å²) in [4.78, 5) is 0. The van der Waals surface area contributed by atoms with Crippen LogP contribution >= 0.6 is 11.6 Å². The average Bonchev–Trinajstić information content (AvgIpc) is 2.23. The molecule has 0 unspecified atom stereocenters. The molecule has 1 heterocycles. The fraction of sp³-hybridized carbons (Fsp3) is 1.00. The van der Waals surface area contributed by atoms with E-state index >= 15 is 0 Å². The third-order valence-corrected chi connectivity index (χ3v) is 10.3. The summed E-state index contributed by atoms with van der Waals surface area (Å²) in [6.45, 7) is 2.83. The van der Waals surface area contributed by atoms with Gasteiger partial charge in [-0.15, -0.1) is 11.6 Å². The summed E-state index contributed by atoms with van der Waals surface area (Å²) in [6.07, 6.45) is 0.0745. The second kappa shape index (κ2) is 3.35. The molecule has 1 rings (SSSR count). The topological polar surface area (TPSA) is 68.3 Å². The SMILES string of the molecule is CC[C@@]1(C)S(=O)(=O)C[C@@H](CCl)S1(=O)=O. The molecule has 14 heavy (non-hydrogen) atoms. The summed E-state index contributed by atoms with van der Waals surface area (Å²) >= 11 is 5.46. The van der Waals surface area contributed by atoms with Gasteiger partial charge in [0.25, 0.3) is 0 Å². The molecule has 0 spiro atoms. The van der Waals surface area contributed by atoms with Crippen LogP contribution in [-0.2, 0) is 19.7 Å². The van der Waals surface area contributed by atoms with E-state index in [1.807, 2.05) is 0 Å². The summed E-state index contributed by atoms with van der Waals surface area (Å²) in [6, 6.07) is 0. The molecule has 0 aromatic carbocycles. The summed E-state index contributed by atoms with van der Waals surface area (Å²) in [5.74, 6) is -0.500. The van der Waals surface area contributed by atoms with Crippen LogP contribution in [0.1, 0.15) is 20.3 Å². The Kier molecular flexibility index (Phi) is 2.93. The van der Waals surface area contributed by atoms with E-state index in [1.54, 1.807) is 6.92 Å². The molecule has 0 aromatic rings. The van der Waals surface area contributed by atoms with Gasteiger partial charge in [0.05, 0.1) is 11.0 Å². The molecule has 84 valence electrons. The largest absolute Gasteiger partial charge is 0.227 e. The molecule has 0 N–H and O–H groups in total. The van der Waals surface area contributed by atoms with E-state index in [9.17, 15) is 16.8 Å². The zero-order valence-electron chi connectivity index (χ0n) is 8.03. The van der Waals surface area contributed by atoms with Crippen molar-refractivity contribution in [3.8, 4) is 0 Å². The van der Waals surface area contributed by atoms with Crippen molar-refractivity contribution in [3.05, 3.63) is 0 Å². The molecule has 0 bridgehead atoms. The number of hydrogen-bond acceptors (Lipinski definition) is 4. The Balaban J connectivity index is 3.44. The number of rotatable bonds is 2. The number of halogens is 1. The molecule has 0 saturated carbocycles. The fourth-order valence-corrected chi connectivity index (χ4v) is 8.28. The van der Waals surface area contributed by atoms with Gasteiger partial charge < -0.3 is 0 Å². The van der Waals surface area contributed by atoms with Crippen molar-refractivity contribution in [3.63, 3.8) is 0 Å². The summed E-state index contributed by atoms with van der Waals surface area (Å²) in [5, 5.41) is -0.945. The lowest BCUT2D eigenvalue weighted by atomic mass is 10.4. The summed E-state index contributed by atoms with van der Waals surface area (Å²) in [5.41, 5.74) is 0. The Labute approximate surface area is 89.5 Å². The molecule has 0 aromatic heterocycles. The molecule has 0 aliphatic carbocycles. The van der Waals surface area contributed by atoms with E-state index in [1.165, 1.54) is 6.92 Å². The lowest BCUT2D eigenvalue weighted by molar-refractivity contribution is 0.553. The van der Waals surface area contributed by atoms with Crippen molar-refractivity contribution in [1.29, 1.82) is 0 Å². The van der Waals surface area contributed by atoms with Crippen molar-refractivity contribution in [1.82, 2.24) is 0 Å². The highest BCUT2D eigenvalue weighted by atomic mass is 35.5. The maximum Gasteiger partial charge on any atom is 0.175 e. The van der Waals surface area contributed by atoms with Gasteiger partial charge in [-0.3, -0.25) is 0 Å². The van der Waals surface area contributed by atoms with E-state index in [0.717, 1.165) is 0 Å². The molecular weight excluding hydrogens is 248 g/mol. The van der Waals surface area contributed by atoms with Crippen molar-refractivity contribution < 1.29 is 16.8 Å². The highest BCUT2D eigenvalue weighted by molar-refractivity contribution is 8.13. The lowest BCUT2D eigenvalue weighted by Crippen LogP contribution is -2.38. The molecule has 2 atom stereocenters. The van der Waals surface area contributed by atoms with Gasteiger partial charge in [-0.05, 0) is 13.3 Å². The third kappa shape index (κ3) is 1.31. The van der Waals surface area contributed by atoms with Crippen molar-refractivity contribution in [2.75, 3.05) is 11.6 Å². The number of alkyl halides is 1. The zero-order valence-corrected chi connectivity index (χ0v) is 10.4. The normalized spacial score (nSPS) is 39.8. The van der Waals surface area contributed by atoms with Gasteiger partial charge in [-0.25, -0.2) is 16.8 Å². The number of hydrogen-bond donors (Lipinski definition) is 0. The predicted molar refractivity (Wildman–Crippen MR) is 55.9 cm³/mol. The summed E-state index contributed by atoms with van der Waals surface area (Å²) < 4.78 is 45.3. The van der Waals surface area contributed by atoms with Crippen LogP contribution < -0.4 is 0 Å². The standard InChI is InChI=1S/C7H13ClO4S2/c1-3-7(2)13(9,10)5-6(4-8)14(7,11)12/h6H,3-5H2,1-2H3/t6-,7+/m1/s1. The molecule has 0 radical (unpaired) electrons. The van der Waals surface area contributed by atoms with Crippen LogP contribution in [-0.4, -0.2) is 37.8 Å². The first-order valence-corrected chi connectivity index (χ1v) is 7.98. The van der Waals surface area contributed by atoms with Gasteiger partial charge in [0.2, 0.25) is 0 Å². The van der Waals surface area contributed by atoms with Crippen molar-refractivity contribution in [2.24, 2.45) is 0 Å². The van der Waals surface area contributed by atoms with Gasteiger partial charge in [0.15, 0.2) is 23.8 Å². The lowest BCUT2D eigenvalue weighted by Gasteiger charge is -2.20. The second-order valence-electron chi connectivity index (χ2n) is 3.59. The highest BCUT2D eigenvalue weighted by Gasteiger charge is 2.59. The molecule has 1 aliphatic heterocycles. The first kappa shape index (κ1) is 12.3.